The van der Waals surface area contributed by atoms with Gasteiger partial charge in [0.05, 0.1) is 6.33 Å². The highest BCUT2D eigenvalue weighted by Crippen LogP contribution is 2.37. The monoisotopic (exact) mass is 510 g/mol. The van der Waals surface area contributed by atoms with Crippen molar-refractivity contribution in [2.75, 3.05) is 6.61 Å². The second kappa shape index (κ2) is 10.3. The molecule has 3 heterocycles. The van der Waals surface area contributed by atoms with Gasteiger partial charge in [0.1, 0.15) is 30.2 Å². The highest BCUT2D eigenvalue weighted by Gasteiger charge is 2.51. The molecule has 1 aromatic carbocycles. The van der Waals surface area contributed by atoms with E-state index in [0.717, 1.165) is 11.1 Å². The number of hydrogen-bond donors (Lipinski definition) is 0. The molecular formula is C26H30N4O7. The molecule has 37 heavy (non-hydrogen) atoms. The Bertz CT molecular complexity index is 1330. The van der Waals surface area contributed by atoms with Crippen LogP contribution < -0.4 is 0 Å². The average Bonchev–Trinajstić information content (AvgIpc) is 3.38. The molecule has 2 aromatic heterocycles. The number of imidazole rings is 1. The lowest BCUT2D eigenvalue weighted by molar-refractivity contribution is -0.166. The van der Waals surface area contributed by atoms with E-state index in [4.69, 9.17) is 18.9 Å². The number of ether oxygens (including phenoxy) is 4. The van der Waals surface area contributed by atoms with Gasteiger partial charge in [0.2, 0.25) is 0 Å². The maximum Gasteiger partial charge on any atom is 0.303 e. The van der Waals surface area contributed by atoms with Crippen molar-refractivity contribution < 1.29 is 33.3 Å². The van der Waals surface area contributed by atoms with Crippen LogP contribution in [-0.4, -0.2) is 62.3 Å². The summed E-state index contributed by atoms with van der Waals surface area (Å²) in [4.78, 5) is 48.7. The molecular weight excluding hydrogens is 480 g/mol. The predicted octanol–water partition coefficient (Wildman–Crippen LogP) is 3.11. The summed E-state index contributed by atoms with van der Waals surface area (Å²) in [5.41, 5.74) is 3.54. The smallest absolute Gasteiger partial charge is 0.303 e. The first-order valence-electron chi connectivity index (χ1n) is 11.9. The molecule has 0 bridgehead atoms. The van der Waals surface area contributed by atoms with Crippen molar-refractivity contribution >= 4 is 29.1 Å². The molecule has 11 nitrogen and oxygen atoms in total. The summed E-state index contributed by atoms with van der Waals surface area (Å²) in [5.74, 6) is -1.72. The highest BCUT2D eigenvalue weighted by atomic mass is 16.7. The number of benzene rings is 1. The molecule has 0 amide bonds. The van der Waals surface area contributed by atoms with E-state index in [2.05, 4.69) is 47.9 Å². The summed E-state index contributed by atoms with van der Waals surface area (Å²) in [7, 11) is 0. The number of nitrogens with zero attached hydrogens (tertiary/aromatic N) is 4. The van der Waals surface area contributed by atoms with E-state index in [0.29, 0.717) is 16.9 Å². The molecule has 1 unspecified atom stereocenters. The average molecular weight is 511 g/mol. The zero-order valence-corrected chi connectivity index (χ0v) is 21.6. The van der Waals surface area contributed by atoms with Crippen LogP contribution in [0.3, 0.4) is 0 Å². The van der Waals surface area contributed by atoms with Crippen molar-refractivity contribution in [3.63, 3.8) is 0 Å². The standard InChI is InChI=1S/C26H30N4O7/c1-14(31)34-11-19-22(35-15(2)32)23(36-16(3)33)25(37-19)30-13-29-21-20(27-12-28-24(21)30)17-8-7-9-18(10-17)26(4,5)6/h7-10,12-13,19,22-23,25H,11H2,1-6H3/t19-,22+,23-,25?/m0/s1. The molecule has 0 radical (unpaired) electrons. The van der Waals surface area contributed by atoms with E-state index in [9.17, 15) is 14.4 Å². The van der Waals surface area contributed by atoms with Gasteiger partial charge in [0.15, 0.2) is 24.1 Å². The molecule has 0 spiro atoms. The van der Waals surface area contributed by atoms with Crippen LogP contribution >= 0.6 is 0 Å². The Labute approximate surface area is 214 Å². The molecule has 4 atom stereocenters. The predicted molar refractivity (Wildman–Crippen MR) is 131 cm³/mol. The van der Waals surface area contributed by atoms with Gasteiger partial charge < -0.3 is 18.9 Å². The molecule has 1 saturated heterocycles. The molecule has 196 valence electrons. The van der Waals surface area contributed by atoms with Crippen LogP contribution in [-0.2, 0) is 38.7 Å². The molecule has 0 saturated carbocycles. The second-order valence-corrected chi connectivity index (χ2v) is 9.89. The van der Waals surface area contributed by atoms with E-state index < -0.39 is 42.4 Å². The normalized spacial score (nSPS) is 21.6. The minimum atomic E-state index is -1.04. The van der Waals surface area contributed by atoms with Gasteiger partial charge in [-0.15, -0.1) is 0 Å². The van der Waals surface area contributed by atoms with Gasteiger partial charge in [-0.25, -0.2) is 15.0 Å². The molecule has 1 aliphatic rings. The van der Waals surface area contributed by atoms with Crippen LogP contribution in [0.2, 0.25) is 0 Å². The van der Waals surface area contributed by atoms with Gasteiger partial charge in [-0.1, -0.05) is 39.0 Å². The first kappa shape index (κ1) is 26.2. The van der Waals surface area contributed by atoms with E-state index in [1.807, 2.05) is 12.1 Å². The molecule has 4 rings (SSSR count). The molecule has 11 heteroatoms. The van der Waals surface area contributed by atoms with Crippen molar-refractivity contribution in [2.24, 2.45) is 0 Å². The van der Waals surface area contributed by atoms with E-state index in [-0.39, 0.29) is 12.0 Å². The van der Waals surface area contributed by atoms with E-state index in [1.165, 1.54) is 33.4 Å². The number of aromatic nitrogens is 4. The van der Waals surface area contributed by atoms with Crippen molar-refractivity contribution in [3.8, 4) is 11.3 Å². The summed E-state index contributed by atoms with van der Waals surface area (Å²) in [6.45, 7) is 9.94. The number of carbonyl (C=O) groups is 3. The lowest BCUT2D eigenvalue weighted by Crippen LogP contribution is -2.40. The van der Waals surface area contributed by atoms with Crippen molar-refractivity contribution in [1.82, 2.24) is 19.5 Å². The number of fused-ring (bicyclic) bond motifs is 1. The largest absolute Gasteiger partial charge is 0.463 e. The van der Waals surface area contributed by atoms with E-state index >= 15 is 0 Å². The Morgan fingerprint density at radius 2 is 1.68 bits per heavy atom. The maximum absolute atomic E-state index is 12.0. The van der Waals surface area contributed by atoms with Crippen LogP contribution in [0.4, 0.5) is 0 Å². The van der Waals surface area contributed by atoms with E-state index in [1.54, 1.807) is 4.57 Å². The quantitative estimate of drug-likeness (QED) is 0.360. The fourth-order valence-electron chi connectivity index (χ4n) is 4.30. The first-order valence-corrected chi connectivity index (χ1v) is 11.9. The van der Waals surface area contributed by atoms with Crippen molar-refractivity contribution in [1.29, 1.82) is 0 Å². The highest BCUT2D eigenvalue weighted by molar-refractivity contribution is 5.87. The Kier molecular flexibility index (Phi) is 7.26. The van der Waals surface area contributed by atoms with Crippen molar-refractivity contribution in [2.45, 2.75) is 71.5 Å². The summed E-state index contributed by atoms with van der Waals surface area (Å²) in [6.07, 6.45) is -0.965. The Hall–Kier alpha value is -3.86. The topological polar surface area (TPSA) is 132 Å². The fourth-order valence-corrected chi connectivity index (χ4v) is 4.30. The number of esters is 3. The minimum Gasteiger partial charge on any atom is -0.463 e. The van der Waals surface area contributed by atoms with Crippen LogP contribution in [0.15, 0.2) is 36.9 Å². The van der Waals surface area contributed by atoms with Crippen molar-refractivity contribution in [3.05, 3.63) is 42.5 Å². The Morgan fingerprint density at radius 3 is 2.32 bits per heavy atom. The third kappa shape index (κ3) is 5.61. The summed E-state index contributed by atoms with van der Waals surface area (Å²) in [6, 6.07) is 8.06. The van der Waals surface area contributed by atoms with Gasteiger partial charge >= 0.3 is 17.9 Å². The molecule has 0 N–H and O–H groups in total. The number of carbonyl (C=O) groups excluding carboxylic acids is 3. The molecule has 3 aromatic rings. The van der Waals surface area contributed by atoms with Crippen LogP contribution in [0.1, 0.15) is 53.3 Å². The zero-order valence-electron chi connectivity index (χ0n) is 21.6. The Morgan fingerprint density at radius 1 is 0.973 bits per heavy atom. The molecule has 1 aliphatic heterocycles. The zero-order chi connectivity index (χ0) is 26.9. The van der Waals surface area contributed by atoms with Gasteiger partial charge in [0.25, 0.3) is 0 Å². The number of rotatable bonds is 6. The summed E-state index contributed by atoms with van der Waals surface area (Å²) >= 11 is 0. The number of hydrogen-bond acceptors (Lipinski definition) is 10. The lowest BCUT2D eigenvalue weighted by atomic mass is 9.86. The second-order valence-electron chi connectivity index (χ2n) is 9.89. The third-order valence-corrected chi connectivity index (χ3v) is 5.98. The third-order valence-electron chi connectivity index (χ3n) is 5.98. The SMILES string of the molecule is CC(=O)OC[C@@H]1OC(n2cnc3c(-c4cccc(C(C)(C)C)c4)ncnc32)[C@@H](OC(C)=O)[C@@H]1OC(C)=O. The van der Waals surface area contributed by atoms with Gasteiger partial charge in [0, 0.05) is 26.3 Å². The van der Waals surface area contributed by atoms with Gasteiger partial charge in [-0.05, 0) is 17.0 Å². The Balaban J connectivity index is 1.77. The lowest BCUT2D eigenvalue weighted by Gasteiger charge is -2.23. The maximum atomic E-state index is 12.0. The van der Waals surface area contributed by atoms with Gasteiger partial charge in [-0.3, -0.25) is 19.0 Å². The molecule has 0 aliphatic carbocycles. The summed E-state index contributed by atoms with van der Waals surface area (Å²) < 4.78 is 23.8. The van der Waals surface area contributed by atoms with Crippen LogP contribution in [0.5, 0.6) is 0 Å². The van der Waals surface area contributed by atoms with Gasteiger partial charge in [-0.2, -0.15) is 0 Å². The van der Waals surface area contributed by atoms with Crippen LogP contribution in [0, 0.1) is 0 Å². The fraction of sp³-hybridized carbons (Fsp3) is 0.462. The first-order chi connectivity index (χ1) is 17.5. The molecule has 1 fully saturated rings. The summed E-state index contributed by atoms with van der Waals surface area (Å²) in [5, 5.41) is 0. The minimum absolute atomic E-state index is 0.0564. The van der Waals surface area contributed by atoms with Crippen LogP contribution in [0.25, 0.3) is 22.4 Å².